The second-order valence-corrected chi connectivity index (χ2v) is 11.1. The van der Waals surface area contributed by atoms with E-state index in [4.69, 9.17) is 23.2 Å². The lowest BCUT2D eigenvalue weighted by Gasteiger charge is -2.32. The van der Waals surface area contributed by atoms with Crippen LogP contribution in [0.5, 0.6) is 0 Å². The molecule has 1 unspecified atom stereocenters. The second kappa shape index (κ2) is 12.4. The highest BCUT2D eigenvalue weighted by Gasteiger charge is 2.33. The lowest BCUT2D eigenvalue weighted by Crippen LogP contribution is -2.51. The molecule has 1 atom stereocenters. The van der Waals surface area contributed by atoms with Gasteiger partial charge in [-0.1, -0.05) is 77.3 Å². The minimum Gasteiger partial charge on any atom is -0.355 e. The Labute approximate surface area is 228 Å². The highest BCUT2D eigenvalue weighted by atomic mass is 35.5. The van der Waals surface area contributed by atoms with Crippen LogP contribution in [0.2, 0.25) is 10.0 Å². The molecule has 0 fully saturated rings. The fourth-order valence-corrected chi connectivity index (χ4v) is 5.59. The van der Waals surface area contributed by atoms with Gasteiger partial charge < -0.3 is 10.2 Å². The lowest BCUT2D eigenvalue weighted by molar-refractivity contribution is -0.139. The third kappa shape index (κ3) is 6.83. The summed E-state index contributed by atoms with van der Waals surface area (Å²) in [5, 5.41) is 2.87. The van der Waals surface area contributed by atoms with Gasteiger partial charge >= 0.3 is 0 Å². The molecule has 10 heteroatoms. The number of halogens is 2. The van der Waals surface area contributed by atoms with Crippen LogP contribution in [0.3, 0.4) is 0 Å². The first-order chi connectivity index (χ1) is 17.6. The van der Waals surface area contributed by atoms with Crippen molar-refractivity contribution in [2.24, 2.45) is 0 Å². The first kappa shape index (κ1) is 28.5. The molecule has 196 valence electrons. The average molecular weight is 563 g/mol. The minimum absolute atomic E-state index is 0.000891. The van der Waals surface area contributed by atoms with Gasteiger partial charge in [0.05, 0.1) is 20.6 Å². The van der Waals surface area contributed by atoms with Gasteiger partial charge in [0.1, 0.15) is 12.6 Å². The van der Waals surface area contributed by atoms with E-state index in [1.807, 2.05) is 37.3 Å². The predicted octanol–water partition coefficient (Wildman–Crippen LogP) is 5.05. The zero-order valence-corrected chi connectivity index (χ0v) is 23.1. The average Bonchev–Trinajstić information content (AvgIpc) is 2.88. The zero-order valence-electron chi connectivity index (χ0n) is 20.8. The Bertz CT molecular complexity index is 1350. The van der Waals surface area contributed by atoms with Crippen LogP contribution in [0.15, 0.2) is 77.7 Å². The first-order valence-corrected chi connectivity index (χ1v) is 13.9. The van der Waals surface area contributed by atoms with Gasteiger partial charge in [-0.3, -0.25) is 13.9 Å². The standard InChI is InChI=1S/C27H29Cl2N3O4S/c1-4-30-27(34)20(3)31(17-21-9-6-5-7-10-21)25(33)18-32(24-12-8-11-23(28)26(24)29)37(35,36)22-15-13-19(2)14-16-22/h5-16,20H,4,17-18H2,1-3H3,(H,30,34). The van der Waals surface area contributed by atoms with E-state index in [-0.39, 0.29) is 33.1 Å². The summed E-state index contributed by atoms with van der Waals surface area (Å²) in [6.45, 7) is 5.15. The first-order valence-electron chi connectivity index (χ1n) is 11.7. The molecule has 0 radical (unpaired) electrons. The number of hydrogen-bond donors (Lipinski definition) is 1. The maximum Gasteiger partial charge on any atom is 0.264 e. The summed E-state index contributed by atoms with van der Waals surface area (Å²) in [5.41, 5.74) is 1.74. The monoisotopic (exact) mass is 561 g/mol. The third-order valence-electron chi connectivity index (χ3n) is 5.80. The van der Waals surface area contributed by atoms with Crippen molar-refractivity contribution in [2.75, 3.05) is 17.4 Å². The number of hydrogen-bond acceptors (Lipinski definition) is 4. The van der Waals surface area contributed by atoms with Gasteiger partial charge in [0.15, 0.2) is 0 Å². The van der Waals surface area contributed by atoms with Crippen molar-refractivity contribution in [3.63, 3.8) is 0 Å². The summed E-state index contributed by atoms with van der Waals surface area (Å²) < 4.78 is 28.5. The van der Waals surface area contributed by atoms with Gasteiger partial charge in [-0.25, -0.2) is 8.42 Å². The van der Waals surface area contributed by atoms with Crippen molar-refractivity contribution in [2.45, 2.75) is 38.3 Å². The molecule has 3 aromatic rings. The van der Waals surface area contributed by atoms with Gasteiger partial charge in [0.25, 0.3) is 10.0 Å². The van der Waals surface area contributed by atoms with Crippen LogP contribution in [0.4, 0.5) is 5.69 Å². The Morgan fingerprint density at radius 3 is 2.22 bits per heavy atom. The molecule has 0 spiro atoms. The SMILES string of the molecule is CCNC(=O)C(C)N(Cc1ccccc1)C(=O)CN(c1cccc(Cl)c1Cl)S(=O)(=O)c1ccc(C)cc1. The van der Waals surface area contributed by atoms with E-state index in [9.17, 15) is 18.0 Å². The number of nitrogens with zero attached hydrogens (tertiary/aromatic N) is 2. The van der Waals surface area contributed by atoms with Crippen LogP contribution in [0.25, 0.3) is 0 Å². The second-order valence-electron chi connectivity index (χ2n) is 8.48. The van der Waals surface area contributed by atoms with Crippen molar-refractivity contribution in [1.82, 2.24) is 10.2 Å². The van der Waals surface area contributed by atoms with E-state index in [0.29, 0.717) is 6.54 Å². The van der Waals surface area contributed by atoms with Crippen LogP contribution in [0, 0.1) is 6.92 Å². The van der Waals surface area contributed by atoms with Gasteiger partial charge in [-0.05, 0) is 50.6 Å². The van der Waals surface area contributed by atoms with E-state index >= 15 is 0 Å². The van der Waals surface area contributed by atoms with Gasteiger partial charge in [-0.15, -0.1) is 0 Å². The number of nitrogens with one attached hydrogen (secondary N) is 1. The van der Waals surface area contributed by atoms with E-state index in [2.05, 4.69) is 5.32 Å². The molecule has 2 amide bonds. The molecule has 0 aliphatic rings. The lowest BCUT2D eigenvalue weighted by atomic mass is 10.1. The van der Waals surface area contributed by atoms with Crippen LogP contribution < -0.4 is 9.62 Å². The number of carbonyl (C=O) groups excluding carboxylic acids is 2. The zero-order chi connectivity index (χ0) is 27.2. The van der Waals surface area contributed by atoms with E-state index in [0.717, 1.165) is 15.4 Å². The molecule has 0 saturated heterocycles. The quantitative estimate of drug-likeness (QED) is 0.375. The maximum absolute atomic E-state index is 13.8. The van der Waals surface area contributed by atoms with Crippen molar-refractivity contribution in [3.05, 3.63) is 94.0 Å². The summed E-state index contributed by atoms with van der Waals surface area (Å²) >= 11 is 12.6. The number of aryl methyl sites for hydroxylation is 1. The van der Waals surface area contributed by atoms with E-state index in [1.165, 1.54) is 29.2 Å². The highest BCUT2D eigenvalue weighted by molar-refractivity contribution is 7.92. The van der Waals surface area contributed by atoms with Crippen LogP contribution in [-0.4, -0.2) is 44.3 Å². The maximum atomic E-state index is 13.8. The number of rotatable bonds is 10. The molecule has 0 aliphatic carbocycles. The normalized spacial score (nSPS) is 12.0. The molecule has 0 aliphatic heterocycles. The van der Waals surface area contributed by atoms with E-state index in [1.54, 1.807) is 32.0 Å². The molecule has 0 saturated carbocycles. The number of benzene rings is 3. The summed E-state index contributed by atoms with van der Waals surface area (Å²) in [5.74, 6) is -0.921. The summed E-state index contributed by atoms with van der Waals surface area (Å²) in [7, 11) is -4.23. The third-order valence-corrected chi connectivity index (χ3v) is 8.38. The molecule has 3 aromatic carbocycles. The number of carbonyl (C=O) groups is 2. The van der Waals surface area contributed by atoms with Gasteiger partial charge in [0.2, 0.25) is 11.8 Å². The molecule has 1 N–H and O–H groups in total. The van der Waals surface area contributed by atoms with Crippen LogP contribution in [0.1, 0.15) is 25.0 Å². The number of amides is 2. The van der Waals surface area contributed by atoms with Gasteiger partial charge in [0, 0.05) is 13.1 Å². The summed E-state index contributed by atoms with van der Waals surface area (Å²) in [6, 6.07) is 19.2. The molecular weight excluding hydrogens is 533 g/mol. The Morgan fingerprint density at radius 1 is 0.946 bits per heavy atom. The van der Waals surface area contributed by atoms with Crippen molar-refractivity contribution < 1.29 is 18.0 Å². The molecule has 37 heavy (non-hydrogen) atoms. The number of likely N-dealkylation sites (N-methyl/N-ethyl adjacent to an activating group) is 1. The number of anilines is 1. The summed E-state index contributed by atoms with van der Waals surface area (Å²) in [4.78, 5) is 27.8. The number of sulfonamides is 1. The van der Waals surface area contributed by atoms with Crippen molar-refractivity contribution >= 4 is 50.7 Å². The topological polar surface area (TPSA) is 86.8 Å². The fourth-order valence-electron chi connectivity index (χ4n) is 3.72. The smallest absolute Gasteiger partial charge is 0.264 e. The molecular formula is C27H29Cl2N3O4S. The molecule has 3 rings (SSSR count). The minimum atomic E-state index is -4.23. The molecule has 0 aromatic heterocycles. The Morgan fingerprint density at radius 2 is 1.59 bits per heavy atom. The molecule has 0 bridgehead atoms. The van der Waals surface area contributed by atoms with Crippen molar-refractivity contribution in [3.8, 4) is 0 Å². The Kier molecular flexibility index (Phi) is 9.59. The molecule has 7 nitrogen and oxygen atoms in total. The van der Waals surface area contributed by atoms with Gasteiger partial charge in [-0.2, -0.15) is 0 Å². The summed E-state index contributed by atoms with van der Waals surface area (Å²) in [6.07, 6.45) is 0. The van der Waals surface area contributed by atoms with Crippen LogP contribution in [-0.2, 0) is 26.2 Å². The van der Waals surface area contributed by atoms with E-state index < -0.39 is 28.5 Å². The predicted molar refractivity (Wildman–Crippen MR) is 147 cm³/mol. The Hall–Kier alpha value is -3.07. The fraction of sp³-hybridized carbons (Fsp3) is 0.259. The highest BCUT2D eigenvalue weighted by Crippen LogP contribution is 2.35. The van der Waals surface area contributed by atoms with Crippen molar-refractivity contribution in [1.29, 1.82) is 0 Å². The Balaban J connectivity index is 2.06. The molecule has 0 heterocycles. The van der Waals surface area contributed by atoms with Crippen LogP contribution >= 0.6 is 23.2 Å². The largest absolute Gasteiger partial charge is 0.355 e.